The van der Waals surface area contributed by atoms with Gasteiger partial charge < -0.3 is 5.11 Å². The first-order valence-corrected chi connectivity index (χ1v) is 5.66. The summed E-state index contributed by atoms with van der Waals surface area (Å²) in [5.74, 6) is -0.563. The van der Waals surface area contributed by atoms with Crippen molar-refractivity contribution in [3.63, 3.8) is 0 Å². The van der Waals surface area contributed by atoms with Crippen LogP contribution in [0.15, 0.2) is 30.5 Å². The second-order valence-corrected chi connectivity index (χ2v) is 4.59. The van der Waals surface area contributed by atoms with Crippen molar-refractivity contribution < 1.29 is 22.7 Å². The summed E-state index contributed by atoms with van der Waals surface area (Å²) in [6, 6.07) is 5.06. The standard InChI is InChI=1S/C11H7F4NOS/c12-7-3-1-2-6(4-7)9(17)8-5-16-10(18-8)11(13,14)15/h1-5,9,17H. The molecule has 18 heavy (non-hydrogen) atoms. The van der Waals surface area contributed by atoms with Gasteiger partial charge in [-0.1, -0.05) is 12.1 Å². The highest BCUT2D eigenvalue weighted by atomic mass is 32.1. The van der Waals surface area contributed by atoms with E-state index in [9.17, 15) is 22.7 Å². The number of benzene rings is 1. The second-order valence-electron chi connectivity index (χ2n) is 3.52. The lowest BCUT2D eigenvalue weighted by Gasteiger charge is -2.08. The Morgan fingerprint density at radius 2 is 2.00 bits per heavy atom. The van der Waals surface area contributed by atoms with Gasteiger partial charge in [0, 0.05) is 6.20 Å². The summed E-state index contributed by atoms with van der Waals surface area (Å²) < 4.78 is 49.9. The molecule has 0 fully saturated rings. The molecule has 0 amide bonds. The van der Waals surface area contributed by atoms with Crippen LogP contribution in [0.2, 0.25) is 0 Å². The van der Waals surface area contributed by atoms with Crippen molar-refractivity contribution in [2.75, 3.05) is 0 Å². The molecule has 0 saturated carbocycles. The fourth-order valence-corrected chi connectivity index (χ4v) is 2.18. The topological polar surface area (TPSA) is 33.1 Å². The number of thiazole rings is 1. The highest BCUT2D eigenvalue weighted by molar-refractivity contribution is 7.11. The Bertz CT molecular complexity index is 552. The highest BCUT2D eigenvalue weighted by Gasteiger charge is 2.35. The zero-order chi connectivity index (χ0) is 13.3. The summed E-state index contributed by atoms with van der Waals surface area (Å²) in [5, 5.41) is 8.80. The average molecular weight is 277 g/mol. The van der Waals surface area contributed by atoms with Crippen LogP contribution < -0.4 is 0 Å². The lowest BCUT2D eigenvalue weighted by atomic mass is 10.1. The van der Waals surface area contributed by atoms with Crippen LogP contribution in [0.3, 0.4) is 0 Å². The van der Waals surface area contributed by atoms with Crippen molar-refractivity contribution in [3.05, 3.63) is 51.7 Å². The number of halogens is 4. The normalized spacial score (nSPS) is 13.6. The Hall–Kier alpha value is -1.47. The van der Waals surface area contributed by atoms with Crippen molar-refractivity contribution in [2.24, 2.45) is 0 Å². The molecule has 0 aliphatic heterocycles. The van der Waals surface area contributed by atoms with E-state index >= 15 is 0 Å². The van der Waals surface area contributed by atoms with Gasteiger partial charge in [0.1, 0.15) is 11.9 Å². The number of aliphatic hydroxyl groups is 1. The Kier molecular flexibility index (Phi) is 3.36. The van der Waals surface area contributed by atoms with Crippen LogP contribution in [0.4, 0.5) is 17.6 Å². The lowest BCUT2D eigenvalue weighted by Crippen LogP contribution is -2.03. The van der Waals surface area contributed by atoms with Crippen molar-refractivity contribution in [3.8, 4) is 0 Å². The summed E-state index contributed by atoms with van der Waals surface area (Å²) in [5.41, 5.74) is 0.187. The molecule has 0 saturated heterocycles. The van der Waals surface area contributed by atoms with Crippen LogP contribution in [-0.2, 0) is 6.18 Å². The fourth-order valence-electron chi connectivity index (χ4n) is 1.38. The maximum absolute atomic E-state index is 12.9. The van der Waals surface area contributed by atoms with Gasteiger partial charge in [-0.2, -0.15) is 13.2 Å². The van der Waals surface area contributed by atoms with Crippen LogP contribution in [0, 0.1) is 5.82 Å². The number of rotatable bonds is 2. The number of aromatic nitrogens is 1. The van der Waals surface area contributed by atoms with Crippen molar-refractivity contribution in [1.82, 2.24) is 4.98 Å². The van der Waals surface area contributed by atoms with E-state index in [1.807, 2.05) is 0 Å². The van der Waals surface area contributed by atoms with Crippen molar-refractivity contribution in [2.45, 2.75) is 12.3 Å². The zero-order valence-electron chi connectivity index (χ0n) is 8.78. The van der Waals surface area contributed by atoms with Gasteiger partial charge in [0.25, 0.3) is 0 Å². The molecule has 0 bridgehead atoms. The summed E-state index contributed by atoms with van der Waals surface area (Å²) in [6.45, 7) is 0. The first kappa shape index (κ1) is 13.0. The van der Waals surface area contributed by atoms with E-state index in [0.717, 1.165) is 12.3 Å². The SMILES string of the molecule is OC(c1cccc(F)c1)c1cnc(C(F)(F)F)s1. The number of hydrogen-bond acceptors (Lipinski definition) is 3. The van der Waals surface area contributed by atoms with Gasteiger partial charge in [-0.15, -0.1) is 11.3 Å². The molecule has 2 rings (SSSR count). The fraction of sp³-hybridized carbons (Fsp3) is 0.182. The molecular weight excluding hydrogens is 270 g/mol. The Morgan fingerprint density at radius 1 is 1.28 bits per heavy atom. The van der Waals surface area contributed by atoms with E-state index in [1.54, 1.807) is 0 Å². The predicted molar refractivity (Wildman–Crippen MR) is 57.6 cm³/mol. The molecule has 1 unspecified atom stereocenters. The number of alkyl halides is 3. The third kappa shape index (κ3) is 2.68. The summed E-state index contributed by atoms with van der Waals surface area (Å²) >= 11 is 0.340. The summed E-state index contributed by atoms with van der Waals surface area (Å²) in [7, 11) is 0. The van der Waals surface area contributed by atoms with E-state index in [-0.39, 0.29) is 10.4 Å². The number of aliphatic hydroxyl groups excluding tert-OH is 1. The van der Waals surface area contributed by atoms with Gasteiger partial charge in [0.2, 0.25) is 0 Å². The third-order valence-electron chi connectivity index (χ3n) is 2.20. The van der Waals surface area contributed by atoms with Gasteiger partial charge in [-0.25, -0.2) is 9.37 Å². The summed E-state index contributed by atoms with van der Waals surface area (Å²) in [4.78, 5) is 3.22. The zero-order valence-corrected chi connectivity index (χ0v) is 9.60. The van der Waals surface area contributed by atoms with Crippen molar-refractivity contribution >= 4 is 11.3 Å². The third-order valence-corrected chi connectivity index (χ3v) is 3.29. The van der Waals surface area contributed by atoms with E-state index in [0.29, 0.717) is 11.3 Å². The maximum atomic E-state index is 12.9. The molecule has 0 aliphatic carbocycles. The van der Waals surface area contributed by atoms with E-state index in [2.05, 4.69) is 4.98 Å². The van der Waals surface area contributed by atoms with Gasteiger partial charge >= 0.3 is 6.18 Å². The quantitative estimate of drug-likeness (QED) is 0.854. The molecular formula is C11H7F4NOS. The van der Waals surface area contributed by atoms with E-state index in [1.165, 1.54) is 18.2 Å². The Morgan fingerprint density at radius 3 is 2.56 bits per heavy atom. The molecule has 0 aliphatic rings. The molecule has 2 nitrogen and oxygen atoms in total. The largest absolute Gasteiger partial charge is 0.443 e. The predicted octanol–water partition coefficient (Wildman–Crippen LogP) is 3.38. The molecule has 0 spiro atoms. The minimum atomic E-state index is -4.54. The van der Waals surface area contributed by atoms with Gasteiger partial charge in [0.05, 0.1) is 4.88 Å². The molecule has 1 heterocycles. The second kappa shape index (κ2) is 4.66. The van der Waals surface area contributed by atoms with Crippen LogP contribution in [0.25, 0.3) is 0 Å². The van der Waals surface area contributed by atoms with Crippen LogP contribution in [0.1, 0.15) is 21.6 Å². The molecule has 0 radical (unpaired) electrons. The molecule has 1 aromatic carbocycles. The molecule has 1 N–H and O–H groups in total. The van der Waals surface area contributed by atoms with Crippen LogP contribution in [0.5, 0.6) is 0 Å². The van der Waals surface area contributed by atoms with Gasteiger partial charge in [0.15, 0.2) is 5.01 Å². The Labute approximate surface area is 104 Å². The highest BCUT2D eigenvalue weighted by Crippen LogP contribution is 2.35. The minimum Gasteiger partial charge on any atom is -0.383 e. The molecule has 1 atom stereocenters. The van der Waals surface area contributed by atoms with E-state index in [4.69, 9.17) is 0 Å². The number of hydrogen-bond donors (Lipinski definition) is 1. The van der Waals surface area contributed by atoms with Crippen LogP contribution >= 0.6 is 11.3 Å². The first-order valence-electron chi connectivity index (χ1n) is 4.84. The van der Waals surface area contributed by atoms with Crippen molar-refractivity contribution in [1.29, 1.82) is 0 Å². The summed E-state index contributed by atoms with van der Waals surface area (Å²) in [6.07, 6.45) is -4.90. The molecule has 96 valence electrons. The monoisotopic (exact) mass is 277 g/mol. The average Bonchev–Trinajstić information content (AvgIpc) is 2.77. The van der Waals surface area contributed by atoms with Gasteiger partial charge in [-0.05, 0) is 17.7 Å². The smallest absolute Gasteiger partial charge is 0.383 e. The molecule has 1 aromatic heterocycles. The van der Waals surface area contributed by atoms with Gasteiger partial charge in [-0.3, -0.25) is 0 Å². The molecule has 2 aromatic rings. The molecule has 7 heteroatoms. The minimum absolute atomic E-state index is 0.0212. The lowest BCUT2D eigenvalue weighted by molar-refractivity contribution is -0.137. The maximum Gasteiger partial charge on any atom is 0.443 e. The number of nitrogens with zero attached hydrogens (tertiary/aromatic N) is 1. The van der Waals surface area contributed by atoms with E-state index < -0.39 is 23.1 Å². The van der Waals surface area contributed by atoms with Crippen LogP contribution in [-0.4, -0.2) is 10.1 Å². The first-order chi connectivity index (χ1) is 8.38. The Balaban J connectivity index is 2.29.